The third kappa shape index (κ3) is 4.37. The summed E-state index contributed by atoms with van der Waals surface area (Å²) in [6.45, 7) is 3.02. The molecule has 1 aromatic carbocycles. The fraction of sp³-hybridized carbons (Fsp3) is 0.474. The van der Waals surface area contributed by atoms with Crippen LogP contribution in [0.5, 0.6) is 5.75 Å². The number of aromatic nitrogens is 2. The van der Waals surface area contributed by atoms with Crippen LogP contribution in [0.25, 0.3) is 5.69 Å². The van der Waals surface area contributed by atoms with Crippen LogP contribution in [0.4, 0.5) is 0 Å². The Labute approximate surface area is 160 Å². The van der Waals surface area contributed by atoms with Crippen molar-refractivity contribution in [1.29, 1.82) is 0 Å². The monoisotopic (exact) mass is 378 g/mol. The maximum atomic E-state index is 12.9. The fourth-order valence-electron chi connectivity index (χ4n) is 3.28. The number of carbonyl (C=O) groups is 1. The van der Waals surface area contributed by atoms with Crippen molar-refractivity contribution in [2.24, 2.45) is 5.73 Å². The van der Waals surface area contributed by atoms with E-state index in [9.17, 15) is 4.79 Å². The Morgan fingerprint density at radius 1 is 1.31 bits per heavy atom. The van der Waals surface area contributed by atoms with Crippen LogP contribution in [0, 0.1) is 0 Å². The Bertz CT molecular complexity index is 712. The van der Waals surface area contributed by atoms with Crippen molar-refractivity contribution in [2.45, 2.75) is 44.6 Å². The first-order valence-corrected chi connectivity index (χ1v) is 8.98. The van der Waals surface area contributed by atoms with Crippen molar-refractivity contribution in [3.8, 4) is 11.4 Å². The van der Waals surface area contributed by atoms with Crippen LogP contribution in [0.15, 0.2) is 36.5 Å². The zero-order valence-corrected chi connectivity index (χ0v) is 15.9. The zero-order valence-electron chi connectivity index (χ0n) is 15.1. The van der Waals surface area contributed by atoms with Crippen molar-refractivity contribution in [3.05, 3.63) is 42.2 Å². The Balaban J connectivity index is 0.00000243. The largest absolute Gasteiger partial charge is 0.489 e. The van der Waals surface area contributed by atoms with Gasteiger partial charge in [0.05, 0.1) is 24.0 Å². The lowest BCUT2D eigenvalue weighted by Crippen LogP contribution is -2.51. The highest BCUT2D eigenvalue weighted by Crippen LogP contribution is 2.30. The van der Waals surface area contributed by atoms with Crippen LogP contribution in [0.3, 0.4) is 0 Å². The predicted octanol–water partition coefficient (Wildman–Crippen LogP) is 3.08. The van der Waals surface area contributed by atoms with Crippen molar-refractivity contribution in [2.75, 3.05) is 13.2 Å². The third-order valence-corrected chi connectivity index (χ3v) is 4.71. The number of nitrogens with one attached hydrogen (secondary N) is 1. The molecule has 3 rings (SSSR count). The van der Waals surface area contributed by atoms with E-state index >= 15 is 0 Å². The van der Waals surface area contributed by atoms with Crippen molar-refractivity contribution in [3.63, 3.8) is 0 Å². The number of halogens is 1. The lowest BCUT2D eigenvalue weighted by Gasteiger charge is -2.28. The molecule has 0 aliphatic heterocycles. The molecule has 0 unspecified atom stereocenters. The van der Waals surface area contributed by atoms with Gasteiger partial charge in [0.25, 0.3) is 5.91 Å². The van der Waals surface area contributed by atoms with Crippen LogP contribution in [-0.4, -0.2) is 34.4 Å². The van der Waals surface area contributed by atoms with Crippen molar-refractivity contribution < 1.29 is 9.53 Å². The number of nitrogens with zero attached hydrogens (tertiary/aromatic N) is 2. The van der Waals surface area contributed by atoms with E-state index in [1.807, 2.05) is 37.3 Å². The fourth-order valence-corrected chi connectivity index (χ4v) is 3.28. The molecule has 1 aliphatic carbocycles. The van der Waals surface area contributed by atoms with E-state index in [0.29, 0.717) is 24.6 Å². The number of carbonyl (C=O) groups excluding carboxylic acids is 1. The number of hydrogen-bond acceptors (Lipinski definition) is 4. The molecule has 3 N–H and O–H groups in total. The first kappa shape index (κ1) is 20.3. The molecule has 1 amide bonds. The average Bonchev–Trinajstić information content (AvgIpc) is 3.28. The summed E-state index contributed by atoms with van der Waals surface area (Å²) in [4.78, 5) is 12.9. The number of nitrogens with two attached hydrogens (primary N) is 1. The van der Waals surface area contributed by atoms with E-state index in [1.165, 1.54) is 0 Å². The Hall–Kier alpha value is -2.05. The summed E-state index contributed by atoms with van der Waals surface area (Å²) < 4.78 is 7.45. The number of benzene rings is 1. The van der Waals surface area contributed by atoms with Gasteiger partial charge in [-0.2, -0.15) is 5.10 Å². The highest BCUT2D eigenvalue weighted by atomic mass is 35.5. The van der Waals surface area contributed by atoms with Crippen LogP contribution in [0.1, 0.15) is 49.5 Å². The lowest BCUT2D eigenvalue weighted by atomic mass is 9.97. The van der Waals surface area contributed by atoms with E-state index in [-0.39, 0.29) is 23.9 Å². The number of hydrogen-bond donors (Lipinski definition) is 2. The van der Waals surface area contributed by atoms with Gasteiger partial charge in [-0.05, 0) is 31.4 Å². The summed E-state index contributed by atoms with van der Waals surface area (Å²) in [5, 5.41) is 7.60. The van der Waals surface area contributed by atoms with Crippen LogP contribution < -0.4 is 15.8 Å². The minimum absolute atomic E-state index is 0. The van der Waals surface area contributed by atoms with E-state index in [4.69, 9.17) is 10.5 Å². The molecule has 0 radical (unpaired) electrons. The van der Waals surface area contributed by atoms with Gasteiger partial charge in [0.1, 0.15) is 0 Å². The first-order chi connectivity index (χ1) is 12.2. The summed E-state index contributed by atoms with van der Waals surface area (Å²) in [7, 11) is 0. The second kappa shape index (κ2) is 9.05. The topological polar surface area (TPSA) is 82.2 Å². The maximum Gasteiger partial charge on any atom is 0.276 e. The molecule has 1 fully saturated rings. The zero-order chi connectivity index (χ0) is 17.7. The van der Waals surface area contributed by atoms with Crippen LogP contribution in [-0.2, 0) is 0 Å². The molecule has 6 nitrogen and oxygen atoms in total. The minimum Gasteiger partial charge on any atom is -0.489 e. The van der Waals surface area contributed by atoms with E-state index in [0.717, 1.165) is 37.8 Å². The predicted molar refractivity (Wildman–Crippen MR) is 104 cm³/mol. The molecule has 0 spiro atoms. The molecular formula is C19H27ClN4O2. The van der Waals surface area contributed by atoms with Gasteiger partial charge in [-0.15, -0.1) is 12.4 Å². The quantitative estimate of drug-likeness (QED) is 0.775. The van der Waals surface area contributed by atoms with E-state index in [1.54, 1.807) is 10.9 Å². The molecule has 0 atom stereocenters. The van der Waals surface area contributed by atoms with E-state index < -0.39 is 0 Å². The Kier molecular flexibility index (Phi) is 7.06. The van der Waals surface area contributed by atoms with Gasteiger partial charge >= 0.3 is 0 Å². The second-order valence-corrected chi connectivity index (χ2v) is 6.62. The molecule has 1 heterocycles. The van der Waals surface area contributed by atoms with Gasteiger partial charge in [0, 0.05) is 6.54 Å². The van der Waals surface area contributed by atoms with Gasteiger partial charge in [0.2, 0.25) is 0 Å². The van der Waals surface area contributed by atoms with Crippen molar-refractivity contribution in [1.82, 2.24) is 15.1 Å². The molecule has 0 saturated heterocycles. The second-order valence-electron chi connectivity index (χ2n) is 6.62. The summed E-state index contributed by atoms with van der Waals surface area (Å²) in [5.74, 6) is 0.293. The van der Waals surface area contributed by atoms with E-state index in [2.05, 4.69) is 10.4 Å². The first-order valence-electron chi connectivity index (χ1n) is 8.98. The maximum absolute atomic E-state index is 12.9. The molecule has 26 heavy (non-hydrogen) atoms. The Morgan fingerprint density at radius 3 is 2.62 bits per heavy atom. The summed E-state index contributed by atoms with van der Waals surface area (Å²) in [6.07, 6.45) is 6.65. The van der Waals surface area contributed by atoms with Gasteiger partial charge in [0.15, 0.2) is 11.4 Å². The Morgan fingerprint density at radius 2 is 2.00 bits per heavy atom. The molecular weight excluding hydrogens is 352 g/mol. The molecule has 0 bridgehead atoms. The lowest BCUT2D eigenvalue weighted by molar-refractivity contribution is 0.0893. The molecule has 142 valence electrons. The van der Waals surface area contributed by atoms with Gasteiger partial charge in [-0.1, -0.05) is 38.0 Å². The van der Waals surface area contributed by atoms with Crippen LogP contribution >= 0.6 is 12.4 Å². The highest BCUT2D eigenvalue weighted by Gasteiger charge is 2.35. The molecule has 1 aromatic heterocycles. The standard InChI is InChI=1S/C19H26N4O2.ClH/c1-2-12-25-16-13-23(15-8-4-3-5-9-15)22-17(16)18(24)21-19(14-20)10-6-7-11-19;/h3-5,8-9,13H,2,6-7,10-12,14,20H2,1H3,(H,21,24);1H. The smallest absolute Gasteiger partial charge is 0.276 e. The summed E-state index contributed by atoms with van der Waals surface area (Å²) in [6, 6.07) is 9.70. The highest BCUT2D eigenvalue weighted by molar-refractivity contribution is 5.95. The van der Waals surface area contributed by atoms with Gasteiger partial charge in [-0.3, -0.25) is 4.79 Å². The van der Waals surface area contributed by atoms with Gasteiger partial charge in [-0.25, -0.2) is 4.68 Å². The molecule has 1 saturated carbocycles. The SMILES string of the molecule is CCCOc1cn(-c2ccccc2)nc1C(=O)NC1(CN)CCCC1.Cl. The minimum atomic E-state index is -0.310. The average molecular weight is 379 g/mol. The number of rotatable bonds is 7. The number of ether oxygens (including phenoxy) is 1. The van der Waals surface area contributed by atoms with Crippen LogP contribution in [0.2, 0.25) is 0 Å². The molecule has 7 heteroatoms. The molecule has 1 aliphatic rings. The number of amides is 1. The molecule has 2 aromatic rings. The summed E-state index contributed by atoms with van der Waals surface area (Å²) in [5.41, 5.74) is 6.83. The third-order valence-electron chi connectivity index (χ3n) is 4.71. The van der Waals surface area contributed by atoms with Gasteiger partial charge < -0.3 is 15.8 Å². The summed E-state index contributed by atoms with van der Waals surface area (Å²) >= 11 is 0. The number of para-hydroxylation sites is 1. The normalized spacial score (nSPS) is 15.3. The van der Waals surface area contributed by atoms with Crippen molar-refractivity contribution >= 4 is 18.3 Å².